The largest absolute Gasteiger partial charge is 0.466 e. The lowest BCUT2D eigenvalue weighted by Gasteiger charge is -2.13. The zero-order valence-electron chi connectivity index (χ0n) is 11.2. The number of para-hydroxylation sites is 2. The number of hydrogen-bond acceptors (Lipinski definition) is 5. The van der Waals surface area contributed by atoms with Crippen LogP contribution in [0.2, 0.25) is 0 Å². The Morgan fingerprint density at radius 3 is 2.95 bits per heavy atom. The second kappa shape index (κ2) is 6.29. The molecule has 1 aromatic heterocycles. The third-order valence-electron chi connectivity index (χ3n) is 2.85. The lowest BCUT2D eigenvalue weighted by Crippen LogP contribution is -2.28. The number of benzene rings is 1. The average molecular weight is 276 g/mol. The lowest BCUT2D eigenvalue weighted by atomic mass is 10.2. The van der Waals surface area contributed by atoms with Crippen LogP contribution in [-0.4, -0.2) is 33.3 Å². The first kappa shape index (κ1) is 14.2. The molecule has 0 saturated carbocycles. The second-order valence-corrected chi connectivity index (χ2v) is 4.36. The quantitative estimate of drug-likeness (QED) is 0.813. The molecule has 1 heterocycles. The van der Waals surface area contributed by atoms with Crippen molar-refractivity contribution < 1.29 is 14.6 Å². The fourth-order valence-corrected chi connectivity index (χ4v) is 1.99. The molecule has 1 unspecified atom stereocenters. The van der Waals surface area contributed by atoms with E-state index in [2.05, 4.69) is 4.98 Å². The van der Waals surface area contributed by atoms with Crippen molar-refractivity contribution in [3.05, 3.63) is 40.8 Å². The van der Waals surface area contributed by atoms with E-state index in [1.807, 2.05) is 6.07 Å². The van der Waals surface area contributed by atoms with Gasteiger partial charge in [-0.25, -0.2) is 4.98 Å². The maximum Gasteiger partial charge on any atom is 0.308 e. The first-order valence-corrected chi connectivity index (χ1v) is 6.40. The summed E-state index contributed by atoms with van der Waals surface area (Å²) in [5, 5.41) is 9.90. The van der Waals surface area contributed by atoms with Crippen molar-refractivity contribution in [3.8, 4) is 0 Å². The number of fused-ring (bicyclic) bond motifs is 1. The molecular formula is C14H16N2O4. The van der Waals surface area contributed by atoms with Crippen molar-refractivity contribution in [2.45, 2.75) is 26.0 Å². The number of aromatic nitrogens is 2. The van der Waals surface area contributed by atoms with Crippen LogP contribution >= 0.6 is 0 Å². The zero-order valence-corrected chi connectivity index (χ0v) is 11.2. The topological polar surface area (TPSA) is 81.4 Å². The average Bonchev–Trinajstić information content (AvgIpc) is 2.42. The summed E-state index contributed by atoms with van der Waals surface area (Å²) in [5.41, 5.74) is 0.977. The molecule has 1 aromatic carbocycles. The smallest absolute Gasteiger partial charge is 0.308 e. The Balaban J connectivity index is 2.23. The Morgan fingerprint density at radius 2 is 2.20 bits per heavy atom. The zero-order chi connectivity index (χ0) is 14.5. The van der Waals surface area contributed by atoms with Crippen LogP contribution in [0, 0.1) is 0 Å². The number of nitrogens with zero attached hydrogens (tertiary/aromatic N) is 2. The van der Waals surface area contributed by atoms with E-state index in [1.165, 1.54) is 10.8 Å². The molecule has 1 atom stereocenters. The molecule has 0 spiro atoms. The molecule has 2 rings (SSSR count). The Bertz CT molecular complexity index is 666. The molecule has 0 saturated heterocycles. The molecule has 0 fully saturated rings. The Morgan fingerprint density at radius 1 is 1.45 bits per heavy atom. The predicted octanol–water partition coefficient (Wildman–Crippen LogP) is 0.711. The van der Waals surface area contributed by atoms with Gasteiger partial charge in [-0.1, -0.05) is 12.1 Å². The number of aliphatic hydroxyl groups is 1. The van der Waals surface area contributed by atoms with E-state index in [0.717, 1.165) is 0 Å². The van der Waals surface area contributed by atoms with E-state index in [-0.39, 0.29) is 25.1 Å². The van der Waals surface area contributed by atoms with Crippen LogP contribution in [-0.2, 0) is 16.1 Å². The summed E-state index contributed by atoms with van der Waals surface area (Å²) in [5.74, 6) is -0.480. The molecule has 0 aliphatic rings. The van der Waals surface area contributed by atoms with Gasteiger partial charge >= 0.3 is 5.97 Å². The van der Waals surface area contributed by atoms with Crippen LogP contribution in [0.15, 0.2) is 35.3 Å². The van der Waals surface area contributed by atoms with Crippen molar-refractivity contribution >= 4 is 17.0 Å². The van der Waals surface area contributed by atoms with Gasteiger partial charge in [-0.15, -0.1) is 0 Å². The molecule has 0 aliphatic carbocycles. The number of carbonyl (C=O) groups is 1. The number of aliphatic hydroxyl groups excluding tert-OH is 1. The van der Waals surface area contributed by atoms with Crippen LogP contribution in [0.25, 0.3) is 11.0 Å². The predicted molar refractivity (Wildman–Crippen MR) is 73.3 cm³/mol. The molecule has 6 nitrogen and oxygen atoms in total. The summed E-state index contributed by atoms with van der Waals surface area (Å²) < 4.78 is 6.18. The number of rotatable bonds is 5. The Kier molecular flexibility index (Phi) is 4.47. The Hall–Kier alpha value is -2.21. The van der Waals surface area contributed by atoms with Gasteiger partial charge in [-0.3, -0.25) is 9.59 Å². The number of hydrogen-bond donors (Lipinski definition) is 1. The van der Waals surface area contributed by atoms with Crippen LogP contribution in [0.3, 0.4) is 0 Å². The van der Waals surface area contributed by atoms with E-state index in [0.29, 0.717) is 11.0 Å². The molecule has 0 amide bonds. The van der Waals surface area contributed by atoms with E-state index in [9.17, 15) is 14.7 Å². The van der Waals surface area contributed by atoms with Gasteiger partial charge in [0.05, 0.1) is 42.9 Å². The number of ether oxygens (including phenoxy) is 1. The highest BCUT2D eigenvalue weighted by molar-refractivity contribution is 5.74. The van der Waals surface area contributed by atoms with E-state index in [4.69, 9.17) is 4.74 Å². The van der Waals surface area contributed by atoms with Crippen molar-refractivity contribution in [1.82, 2.24) is 9.55 Å². The molecule has 20 heavy (non-hydrogen) atoms. The molecule has 2 aromatic rings. The fourth-order valence-electron chi connectivity index (χ4n) is 1.99. The van der Waals surface area contributed by atoms with Crippen LogP contribution in [0.4, 0.5) is 0 Å². The summed E-state index contributed by atoms with van der Waals surface area (Å²) in [6, 6.07) is 7.14. The summed E-state index contributed by atoms with van der Waals surface area (Å²) >= 11 is 0. The van der Waals surface area contributed by atoms with Crippen molar-refractivity contribution in [2.75, 3.05) is 6.61 Å². The Labute approximate surface area is 115 Å². The van der Waals surface area contributed by atoms with Crippen molar-refractivity contribution in [3.63, 3.8) is 0 Å². The summed E-state index contributed by atoms with van der Waals surface area (Å²) in [6.07, 6.45) is 0.0913. The normalized spacial score (nSPS) is 12.3. The van der Waals surface area contributed by atoms with Gasteiger partial charge in [-0.2, -0.15) is 0 Å². The number of carbonyl (C=O) groups excluding carboxylic acids is 1. The second-order valence-electron chi connectivity index (χ2n) is 4.36. The molecule has 6 heteroatoms. The van der Waals surface area contributed by atoms with Crippen LogP contribution in [0.1, 0.15) is 13.3 Å². The summed E-state index contributed by atoms with van der Waals surface area (Å²) in [7, 11) is 0. The highest BCUT2D eigenvalue weighted by Gasteiger charge is 2.14. The van der Waals surface area contributed by atoms with Gasteiger partial charge in [-0.05, 0) is 19.1 Å². The van der Waals surface area contributed by atoms with Crippen LogP contribution < -0.4 is 5.56 Å². The monoisotopic (exact) mass is 276 g/mol. The minimum absolute atomic E-state index is 0.0285. The lowest BCUT2D eigenvalue weighted by molar-refractivity contribution is -0.145. The third-order valence-corrected chi connectivity index (χ3v) is 2.85. The van der Waals surface area contributed by atoms with E-state index < -0.39 is 12.1 Å². The highest BCUT2D eigenvalue weighted by atomic mass is 16.5. The van der Waals surface area contributed by atoms with E-state index >= 15 is 0 Å². The van der Waals surface area contributed by atoms with Gasteiger partial charge in [0.1, 0.15) is 0 Å². The van der Waals surface area contributed by atoms with Crippen molar-refractivity contribution in [1.29, 1.82) is 0 Å². The summed E-state index contributed by atoms with van der Waals surface area (Å²) in [4.78, 5) is 27.2. The maximum atomic E-state index is 11.9. The van der Waals surface area contributed by atoms with Gasteiger partial charge in [0.25, 0.3) is 5.56 Å². The van der Waals surface area contributed by atoms with Crippen molar-refractivity contribution in [2.24, 2.45) is 0 Å². The van der Waals surface area contributed by atoms with Gasteiger partial charge in [0, 0.05) is 0 Å². The minimum atomic E-state index is -0.974. The van der Waals surface area contributed by atoms with Gasteiger partial charge < -0.3 is 14.4 Å². The number of esters is 1. The molecular weight excluding hydrogens is 260 g/mol. The van der Waals surface area contributed by atoms with E-state index in [1.54, 1.807) is 25.1 Å². The molecule has 1 N–H and O–H groups in total. The third kappa shape index (κ3) is 3.21. The molecule has 0 bridgehead atoms. The van der Waals surface area contributed by atoms with Gasteiger partial charge in [0.15, 0.2) is 0 Å². The minimum Gasteiger partial charge on any atom is -0.466 e. The SMILES string of the molecule is CCOC(=O)CC(O)Cn1c(=O)cnc2ccccc21. The van der Waals surface area contributed by atoms with Gasteiger partial charge in [0.2, 0.25) is 0 Å². The first-order valence-electron chi connectivity index (χ1n) is 6.40. The summed E-state index contributed by atoms with van der Waals surface area (Å²) in [6.45, 7) is 2.00. The highest BCUT2D eigenvalue weighted by Crippen LogP contribution is 2.09. The fraction of sp³-hybridized carbons (Fsp3) is 0.357. The maximum absolute atomic E-state index is 11.9. The van der Waals surface area contributed by atoms with Crippen LogP contribution in [0.5, 0.6) is 0 Å². The standard InChI is InChI=1S/C14H16N2O4/c1-2-20-14(19)7-10(17)9-16-12-6-4-3-5-11(12)15-8-13(16)18/h3-6,8,10,17H,2,7,9H2,1H3. The molecule has 0 aliphatic heterocycles. The molecule has 0 radical (unpaired) electrons. The molecule has 106 valence electrons. The first-order chi connectivity index (χ1) is 9.61.